The molecule has 0 aliphatic carbocycles. The zero-order chi connectivity index (χ0) is 21.0. The van der Waals surface area contributed by atoms with Gasteiger partial charge in [0, 0.05) is 35.3 Å². The molecule has 1 aromatic heterocycles. The van der Waals surface area contributed by atoms with Crippen molar-refractivity contribution in [3.63, 3.8) is 0 Å². The molecule has 0 radical (unpaired) electrons. The number of nitrogens with zero attached hydrogens (tertiary/aromatic N) is 3. The maximum atomic E-state index is 12.3. The van der Waals surface area contributed by atoms with Crippen LogP contribution in [0.3, 0.4) is 0 Å². The first kappa shape index (κ1) is 19.9. The molecular formula is C18H15N5O5S. The van der Waals surface area contributed by atoms with Crippen molar-refractivity contribution in [2.75, 3.05) is 10.0 Å². The van der Waals surface area contributed by atoms with Gasteiger partial charge in [-0.1, -0.05) is 6.07 Å². The van der Waals surface area contributed by atoms with Gasteiger partial charge in [0.05, 0.1) is 9.82 Å². The fourth-order valence-electron chi connectivity index (χ4n) is 2.40. The summed E-state index contributed by atoms with van der Waals surface area (Å²) in [5, 5.41) is 13.6. The van der Waals surface area contributed by atoms with Crippen molar-refractivity contribution in [3.8, 4) is 0 Å². The zero-order valence-corrected chi connectivity index (χ0v) is 15.9. The second-order valence-electron chi connectivity index (χ2n) is 5.91. The Morgan fingerprint density at radius 1 is 1.07 bits per heavy atom. The highest BCUT2D eigenvalue weighted by Crippen LogP contribution is 2.21. The molecule has 3 rings (SSSR count). The molecule has 11 heteroatoms. The van der Waals surface area contributed by atoms with E-state index in [1.54, 1.807) is 13.0 Å². The SMILES string of the molecule is Cc1ccc(C(=O)Nc2ccc(S(=O)(=O)Nc3ncccn3)cc2)cc1[N+](=O)[O-]. The van der Waals surface area contributed by atoms with Crippen molar-refractivity contribution in [2.45, 2.75) is 11.8 Å². The summed E-state index contributed by atoms with van der Waals surface area (Å²) in [5.41, 5.74) is 0.722. The van der Waals surface area contributed by atoms with E-state index in [1.165, 1.54) is 54.9 Å². The standard InChI is InChI=1S/C18H15N5O5S/c1-12-3-4-13(11-16(12)23(25)26)17(24)21-14-5-7-15(8-6-14)29(27,28)22-18-19-9-2-10-20-18/h2-11H,1H3,(H,21,24)(H,19,20,22). The highest BCUT2D eigenvalue weighted by molar-refractivity contribution is 7.92. The van der Waals surface area contributed by atoms with Gasteiger partial charge in [-0.15, -0.1) is 0 Å². The van der Waals surface area contributed by atoms with E-state index >= 15 is 0 Å². The molecule has 1 amide bonds. The van der Waals surface area contributed by atoms with Gasteiger partial charge >= 0.3 is 0 Å². The van der Waals surface area contributed by atoms with Crippen LogP contribution in [0, 0.1) is 17.0 Å². The van der Waals surface area contributed by atoms with Crippen LogP contribution in [0.4, 0.5) is 17.3 Å². The first-order chi connectivity index (χ1) is 13.8. The van der Waals surface area contributed by atoms with Gasteiger partial charge in [-0.05, 0) is 43.3 Å². The Balaban J connectivity index is 1.74. The minimum Gasteiger partial charge on any atom is -0.322 e. The lowest BCUT2D eigenvalue weighted by Gasteiger charge is -2.09. The van der Waals surface area contributed by atoms with Gasteiger partial charge in [0.15, 0.2) is 0 Å². The Labute approximate surface area is 165 Å². The lowest BCUT2D eigenvalue weighted by molar-refractivity contribution is -0.385. The van der Waals surface area contributed by atoms with Crippen LogP contribution >= 0.6 is 0 Å². The van der Waals surface area contributed by atoms with Crippen LogP contribution in [0.15, 0.2) is 65.8 Å². The molecule has 0 unspecified atom stereocenters. The quantitative estimate of drug-likeness (QED) is 0.467. The Morgan fingerprint density at radius 2 is 1.72 bits per heavy atom. The van der Waals surface area contributed by atoms with E-state index in [1.807, 2.05) is 0 Å². The number of rotatable bonds is 6. The fourth-order valence-corrected chi connectivity index (χ4v) is 3.36. The predicted octanol–water partition coefficient (Wildman–Crippen LogP) is 2.75. The first-order valence-electron chi connectivity index (χ1n) is 8.22. The molecule has 0 aliphatic heterocycles. The summed E-state index contributed by atoms with van der Waals surface area (Å²) in [7, 11) is -3.89. The fraction of sp³-hybridized carbons (Fsp3) is 0.0556. The monoisotopic (exact) mass is 413 g/mol. The number of benzene rings is 2. The highest BCUT2D eigenvalue weighted by atomic mass is 32.2. The molecule has 0 spiro atoms. The number of carbonyl (C=O) groups excluding carboxylic acids is 1. The molecule has 0 saturated carbocycles. The topological polar surface area (TPSA) is 144 Å². The first-order valence-corrected chi connectivity index (χ1v) is 9.71. The predicted molar refractivity (Wildman–Crippen MR) is 105 cm³/mol. The van der Waals surface area contributed by atoms with E-state index in [9.17, 15) is 23.3 Å². The molecule has 148 valence electrons. The number of hydrogen-bond donors (Lipinski definition) is 2. The lowest BCUT2D eigenvalue weighted by atomic mass is 10.1. The summed E-state index contributed by atoms with van der Waals surface area (Å²) in [6, 6.07) is 11.1. The van der Waals surface area contributed by atoms with E-state index < -0.39 is 20.9 Å². The van der Waals surface area contributed by atoms with Gasteiger partial charge in [0.2, 0.25) is 5.95 Å². The van der Waals surface area contributed by atoms with Crippen molar-refractivity contribution in [3.05, 3.63) is 82.2 Å². The highest BCUT2D eigenvalue weighted by Gasteiger charge is 2.17. The van der Waals surface area contributed by atoms with Crippen molar-refractivity contribution in [1.29, 1.82) is 0 Å². The molecular weight excluding hydrogens is 398 g/mol. The summed E-state index contributed by atoms with van der Waals surface area (Å²) >= 11 is 0. The summed E-state index contributed by atoms with van der Waals surface area (Å²) < 4.78 is 26.9. The summed E-state index contributed by atoms with van der Waals surface area (Å²) in [6.07, 6.45) is 2.80. The summed E-state index contributed by atoms with van der Waals surface area (Å²) in [4.78, 5) is 30.4. The average molecular weight is 413 g/mol. The molecule has 0 saturated heterocycles. The number of aryl methyl sites for hydroxylation is 1. The van der Waals surface area contributed by atoms with Crippen LogP contribution in [-0.4, -0.2) is 29.2 Å². The third-order valence-corrected chi connectivity index (χ3v) is 5.23. The van der Waals surface area contributed by atoms with Gasteiger partial charge < -0.3 is 5.32 Å². The number of nitro groups is 1. The molecule has 10 nitrogen and oxygen atoms in total. The van der Waals surface area contributed by atoms with Crippen LogP contribution in [-0.2, 0) is 10.0 Å². The normalized spacial score (nSPS) is 10.9. The Bertz CT molecular complexity index is 1170. The molecule has 0 aliphatic rings. The van der Waals surface area contributed by atoms with E-state index in [0.29, 0.717) is 11.3 Å². The zero-order valence-electron chi connectivity index (χ0n) is 15.1. The number of nitro benzene ring substituents is 1. The van der Waals surface area contributed by atoms with Crippen molar-refractivity contribution >= 4 is 33.3 Å². The second-order valence-corrected chi connectivity index (χ2v) is 7.60. The van der Waals surface area contributed by atoms with E-state index in [-0.39, 0.29) is 22.1 Å². The van der Waals surface area contributed by atoms with Gasteiger partial charge in [0.25, 0.3) is 21.6 Å². The van der Waals surface area contributed by atoms with E-state index in [0.717, 1.165) is 0 Å². The van der Waals surface area contributed by atoms with Gasteiger partial charge in [-0.2, -0.15) is 0 Å². The molecule has 29 heavy (non-hydrogen) atoms. The Morgan fingerprint density at radius 3 is 2.34 bits per heavy atom. The van der Waals surface area contributed by atoms with Crippen LogP contribution in [0.1, 0.15) is 15.9 Å². The molecule has 0 bridgehead atoms. The van der Waals surface area contributed by atoms with Crippen LogP contribution in [0.2, 0.25) is 0 Å². The molecule has 2 N–H and O–H groups in total. The van der Waals surface area contributed by atoms with Crippen molar-refractivity contribution in [2.24, 2.45) is 0 Å². The molecule has 0 fully saturated rings. The molecule has 3 aromatic rings. The maximum absolute atomic E-state index is 12.3. The minimum absolute atomic E-state index is 0.0473. The van der Waals surface area contributed by atoms with Gasteiger partial charge in [0.1, 0.15) is 0 Å². The largest absolute Gasteiger partial charge is 0.322 e. The summed E-state index contributed by atoms with van der Waals surface area (Å²) in [6.45, 7) is 1.58. The smallest absolute Gasteiger partial charge is 0.273 e. The Kier molecular flexibility index (Phi) is 5.50. The number of sulfonamides is 1. The number of carbonyl (C=O) groups is 1. The third-order valence-electron chi connectivity index (χ3n) is 3.88. The molecule has 2 aromatic carbocycles. The van der Waals surface area contributed by atoms with Gasteiger partial charge in [-0.3, -0.25) is 14.9 Å². The second kappa shape index (κ2) is 8.02. The van der Waals surface area contributed by atoms with Crippen molar-refractivity contribution < 1.29 is 18.1 Å². The number of anilines is 2. The number of amides is 1. The van der Waals surface area contributed by atoms with Crippen LogP contribution in [0.25, 0.3) is 0 Å². The molecule has 0 atom stereocenters. The minimum atomic E-state index is -3.89. The Hall–Kier alpha value is -3.86. The van der Waals surface area contributed by atoms with E-state index in [2.05, 4.69) is 20.0 Å². The maximum Gasteiger partial charge on any atom is 0.273 e. The lowest BCUT2D eigenvalue weighted by Crippen LogP contribution is -2.15. The number of hydrogen-bond acceptors (Lipinski definition) is 7. The van der Waals surface area contributed by atoms with Gasteiger partial charge in [-0.25, -0.2) is 23.1 Å². The molecule has 1 heterocycles. The average Bonchev–Trinajstić information content (AvgIpc) is 2.69. The number of nitrogens with one attached hydrogen (secondary N) is 2. The van der Waals surface area contributed by atoms with Crippen molar-refractivity contribution in [1.82, 2.24) is 9.97 Å². The number of aromatic nitrogens is 2. The van der Waals surface area contributed by atoms with Crippen LogP contribution < -0.4 is 10.0 Å². The van der Waals surface area contributed by atoms with E-state index in [4.69, 9.17) is 0 Å². The summed E-state index contributed by atoms with van der Waals surface area (Å²) in [5.74, 6) is -0.620. The third kappa shape index (κ3) is 4.71. The van der Waals surface area contributed by atoms with Crippen LogP contribution in [0.5, 0.6) is 0 Å².